The Morgan fingerprint density at radius 3 is 2.39 bits per heavy atom. The second kappa shape index (κ2) is 7.16. The van der Waals surface area contributed by atoms with Crippen LogP contribution in [0.1, 0.15) is 15.9 Å². The van der Waals surface area contributed by atoms with Gasteiger partial charge in [0.05, 0.1) is 35.6 Å². The van der Waals surface area contributed by atoms with E-state index in [-0.39, 0.29) is 11.6 Å². The highest BCUT2D eigenvalue weighted by Crippen LogP contribution is 2.32. The second-order valence-corrected chi connectivity index (χ2v) is 7.18. The molecular formula is C21H24N4O3. The zero-order valence-electron chi connectivity index (χ0n) is 16.4. The zero-order valence-corrected chi connectivity index (χ0v) is 16.4. The van der Waals surface area contributed by atoms with Crippen molar-refractivity contribution in [3.05, 3.63) is 58.0 Å². The average molecular weight is 380 g/mol. The number of nitrogens with one attached hydrogen (secondary N) is 1. The van der Waals surface area contributed by atoms with Crippen LogP contribution in [0.15, 0.2) is 41.2 Å². The minimum absolute atomic E-state index is 0.0925. The lowest BCUT2D eigenvalue weighted by Gasteiger charge is -2.30. The lowest BCUT2D eigenvalue weighted by Crippen LogP contribution is -2.36. The number of hydrogen-bond donors (Lipinski definition) is 1. The number of aromatic nitrogens is 2. The van der Waals surface area contributed by atoms with Crippen molar-refractivity contribution in [1.82, 2.24) is 9.13 Å². The Bertz CT molecular complexity index is 1110. The van der Waals surface area contributed by atoms with Gasteiger partial charge in [0.2, 0.25) is 0 Å². The fourth-order valence-electron chi connectivity index (χ4n) is 3.68. The molecule has 7 heteroatoms. The van der Waals surface area contributed by atoms with E-state index in [9.17, 15) is 9.59 Å². The van der Waals surface area contributed by atoms with Gasteiger partial charge in [0.15, 0.2) is 0 Å². The topological polar surface area (TPSA) is 68.5 Å². The van der Waals surface area contributed by atoms with Gasteiger partial charge in [-0.25, -0.2) is 4.79 Å². The summed E-state index contributed by atoms with van der Waals surface area (Å²) in [6, 6.07) is 11.4. The van der Waals surface area contributed by atoms with Crippen LogP contribution in [0.5, 0.6) is 0 Å². The van der Waals surface area contributed by atoms with E-state index in [1.807, 2.05) is 37.3 Å². The normalized spacial score (nSPS) is 14.5. The molecule has 4 rings (SSSR count). The molecule has 3 aromatic rings. The van der Waals surface area contributed by atoms with Crippen molar-refractivity contribution < 1.29 is 9.53 Å². The number of amides is 1. The highest BCUT2D eigenvalue weighted by Gasteiger charge is 2.20. The largest absolute Gasteiger partial charge is 0.378 e. The molecule has 0 bridgehead atoms. The summed E-state index contributed by atoms with van der Waals surface area (Å²) in [6.45, 7) is 4.70. The molecule has 0 spiro atoms. The zero-order chi connectivity index (χ0) is 19.8. The van der Waals surface area contributed by atoms with Crippen molar-refractivity contribution in [2.45, 2.75) is 6.92 Å². The van der Waals surface area contributed by atoms with Crippen molar-refractivity contribution in [1.29, 1.82) is 0 Å². The molecule has 0 aliphatic carbocycles. The first-order chi connectivity index (χ1) is 13.5. The van der Waals surface area contributed by atoms with Crippen LogP contribution in [0.25, 0.3) is 11.0 Å². The van der Waals surface area contributed by atoms with Crippen LogP contribution >= 0.6 is 0 Å². The third-order valence-electron chi connectivity index (χ3n) is 5.27. The Hall–Kier alpha value is -3.06. The molecule has 1 aliphatic rings. The van der Waals surface area contributed by atoms with E-state index < -0.39 is 0 Å². The molecule has 2 aromatic carbocycles. The minimum atomic E-state index is -0.168. The number of morpholine rings is 1. The molecule has 7 nitrogen and oxygen atoms in total. The van der Waals surface area contributed by atoms with E-state index in [1.54, 1.807) is 29.3 Å². The Kier molecular flexibility index (Phi) is 4.68. The summed E-state index contributed by atoms with van der Waals surface area (Å²) in [5, 5.41) is 3.05. The number of fused-ring (bicyclic) bond motifs is 1. The van der Waals surface area contributed by atoms with E-state index in [0.717, 1.165) is 35.4 Å². The number of rotatable bonds is 3. The summed E-state index contributed by atoms with van der Waals surface area (Å²) in [5.41, 5.74) is 4.76. The number of benzene rings is 2. The maximum Gasteiger partial charge on any atom is 0.328 e. The number of hydrogen-bond acceptors (Lipinski definition) is 4. The van der Waals surface area contributed by atoms with E-state index in [4.69, 9.17) is 4.74 Å². The molecule has 0 radical (unpaired) electrons. The van der Waals surface area contributed by atoms with E-state index in [0.29, 0.717) is 24.5 Å². The molecule has 1 aromatic heterocycles. The summed E-state index contributed by atoms with van der Waals surface area (Å²) < 4.78 is 8.70. The molecule has 0 unspecified atom stereocenters. The van der Waals surface area contributed by atoms with E-state index >= 15 is 0 Å². The lowest BCUT2D eigenvalue weighted by atomic mass is 10.1. The molecule has 0 saturated carbocycles. The van der Waals surface area contributed by atoms with Gasteiger partial charge in [0.1, 0.15) is 0 Å². The third-order valence-corrected chi connectivity index (χ3v) is 5.27. The summed E-state index contributed by atoms with van der Waals surface area (Å²) in [5.74, 6) is -0.168. The van der Waals surface area contributed by atoms with Crippen LogP contribution in [0, 0.1) is 6.92 Å². The highest BCUT2D eigenvalue weighted by molar-refractivity contribution is 6.07. The van der Waals surface area contributed by atoms with Crippen LogP contribution in [-0.4, -0.2) is 41.3 Å². The van der Waals surface area contributed by atoms with E-state index in [2.05, 4.69) is 10.2 Å². The molecule has 1 aliphatic heterocycles. The Morgan fingerprint density at radius 2 is 1.71 bits per heavy atom. The summed E-state index contributed by atoms with van der Waals surface area (Å²) in [4.78, 5) is 27.4. The van der Waals surface area contributed by atoms with Gasteiger partial charge in [0.25, 0.3) is 5.91 Å². The maximum absolute atomic E-state index is 12.9. The standard InChI is InChI=1S/C21H24N4O3/c1-14-5-4-6-15(11-14)20(26)22-16-12-18-19(24(3)21(27)23(18)2)13-17(16)25-7-9-28-10-8-25/h4-6,11-13H,7-10H2,1-3H3,(H,22,26). The van der Waals surface area contributed by atoms with Crippen LogP contribution in [0.3, 0.4) is 0 Å². The first kappa shape index (κ1) is 18.3. The molecular weight excluding hydrogens is 356 g/mol. The van der Waals surface area contributed by atoms with Crippen molar-refractivity contribution in [3.63, 3.8) is 0 Å². The molecule has 1 fully saturated rings. The SMILES string of the molecule is Cc1cccc(C(=O)Nc2cc3c(cc2N2CCOCC2)n(C)c(=O)n3C)c1. The minimum Gasteiger partial charge on any atom is -0.378 e. The number of carbonyl (C=O) groups is 1. The number of nitrogens with zero attached hydrogens (tertiary/aromatic N) is 3. The van der Waals surface area contributed by atoms with Crippen LogP contribution in [0.4, 0.5) is 11.4 Å². The number of carbonyl (C=O) groups excluding carboxylic acids is 1. The Morgan fingerprint density at radius 1 is 1.04 bits per heavy atom. The number of aryl methyl sites for hydroxylation is 3. The molecule has 0 atom stereocenters. The molecule has 1 saturated heterocycles. The van der Waals surface area contributed by atoms with Crippen LogP contribution < -0.4 is 15.9 Å². The van der Waals surface area contributed by atoms with Crippen molar-refractivity contribution in [3.8, 4) is 0 Å². The van der Waals surface area contributed by atoms with Gasteiger partial charge in [-0.1, -0.05) is 17.7 Å². The van der Waals surface area contributed by atoms with Gasteiger partial charge < -0.3 is 15.0 Å². The molecule has 2 heterocycles. The van der Waals surface area contributed by atoms with Gasteiger partial charge in [-0.05, 0) is 31.2 Å². The molecule has 1 amide bonds. The van der Waals surface area contributed by atoms with Crippen molar-refractivity contribution in [2.75, 3.05) is 36.5 Å². The average Bonchev–Trinajstić information content (AvgIpc) is 2.92. The first-order valence-corrected chi connectivity index (χ1v) is 9.36. The fraction of sp³-hybridized carbons (Fsp3) is 0.333. The number of anilines is 2. The quantitative estimate of drug-likeness (QED) is 0.757. The summed E-state index contributed by atoms with van der Waals surface area (Å²) in [7, 11) is 3.50. The Labute approximate surface area is 163 Å². The Balaban J connectivity index is 1.81. The van der Waals surface area contributed by atoms with Gasteiger partial charge in [-0.3, -0.25) is 13.9 Å². The van der Waals surface area contributed by atoms with Gasteiger partial charge >= 0.3 is 5.69 Å². The highest BCUT2D eigenvalue weighted by atomic mass is 16.5. The smallest absolute Gasteiger partial charge is 0.328 e. The van der Waals surface area contributed by atoms with Crippen molar-refractivity contribution in [2.24, 2.45) is 14.1 Å². The van der Waals surface area contributed by atoms with E-state index in [1.165, 1.54) is 0 Å². The van der Waals surface area contributed by atoms with Crippen LogP contribution in [0.2, 0.25) is 0 Å². The van der Waals surface area contributed by atoms with Gasteiger partial charge in [0, 0.05) is 32.7 Å². The van der Waals surface area contributed by atoms with Crippen molar-refractivity contribution >= 4 is 28.3 Å². The third kappa shape index (κ3) is 3.18. The predicted molar refractivity (Wildman–Crippen MR) is 110 cm³/mol. The fourth-order valence-corrected chi connectivity index (χ4v) is 3.68. The number of imidazole rings is 1. The lowest BCUT2D eigenvalue weighted by molar-refractivity contribution is 0.102. The predicted octanol–water partition coefficient (Wildman–Crippen LogP) is 2.27. The number of ether oxygens (including phenoxy) is 1. The van der Waals surface area contributed by atoms with Gasteiger partial charge in [-0.15, -0.1) is 0 Å². The molecule has 28 heavy (non-hydrogen) atoms. The van der Waals surface area contributed by atoms with Crippen LogP contribution in [-0.2, 0) is 18.8 Å². The first-order valence-electron chi connectivity index (χ1n) is 9.36. The maximum atomic E-state index is 12.9. The monoisotopic (exact) mass is 380 g/mol. The summed E-state index contributed by atoms with van der Waals surface area (Å²) >= 11 is 0. The van der Waals surface area contributed by atoms with Gasteiger partial charge in [-0.2, -0.15) is 0 Å². The molecule has 1 N–H and O–H groups in total. The second-order valence-electron chi connectivity index (χ2n) is 7.18. The molecule has 146 valence electrons. The summed E-state index contributed by atoms with van der Waals surface area (Å²) in [6.07, 6.45) is 0.